The summed E-state index contributed by atoms with van der Waals surface area (Å²) in [5.74, 6) is 9.16. The van der Waals surface area contributed by atoms with Crippen LogP contribution in [0.15, 0.2) is 10.4 Å². The van der Waals surface area contributed by atoms with Gasteiger partial charge in [-0.15, -0.1) is 0 Å². The third-order valence-electron chi connectivity index (χ3n) is 0.172. The van der Waals surface area contributed by atoms with Crippen LogP contribution >= 0.6 is 0 Å². The van der Waals surface area contributed by atoms with E-state index in [2.05, 4.69) is 27.7 Å². The first kappa shape index (κ1) is 5.12. The first-order valence-electron chi connectivity index (χ1n) is 1.22. The van der Waals surface area contributed by atoms with Crippen LogP contribution in [0.4, 0.5) is 0 Å². The van der Waals surface area contributed by atoms with Crippen molar-refractivity contribution in [3.05, 3.63) is 0 Å². The molecule has 0 saturated carbocycles. The molecule has 0 unspecified atom stereocenters. The first-order chi connectivity index (χ1) is 2.91. The number of hydrogen-bond donors (Lipinski definition) is 4. The van der Waals surface area contributed by atoms with E-state index in [0.29, 0.717) is 0 Å². The van der Waals surface area contributed by atoms with Gasteiger partial charge in [-0.3, -0.25) is 5.84 Å². The zero-order valence-corrected chi connectivity index (χ0v) is 3.05. The molecule has 0 amide bonds. The fourth-order valence-electron chi connectivity index (χ4n) is 0.0577. The molecule has 0 aromatic rings. The summed E-state index contributed by atoms with van der Waals surface area (Å²) < 4.78 is 0. The van der Waals surface area contributed by atoms with E-state index in [4.69, 9.17) is 0 Å². The molecule has 0 heterocycles. The molecule has 36 valence electrons. The van der Waals surface area contributed by atoms with Crippen LogP contribution in [0.5, 0.6) is 0 Å². The maximum Gasteiger partial charge on any atom is -0.0394 e. The third-order valence-corrected chi connectivity index (χ3v) is 0.172. The number of nitrogens with one attached hydrogen (secondary N) is 2. The molecule has 0 atom stereocenters. The number of nitrogens with zero attached hydrogens (tertiary/aromatic N) is 2. The van der Waals surface area contributed by atoms with Crippen molar-refractivity contribution in [2.24, 2.45) is 22.1 Å². The van der Waals surface area contributed by atoms with Gasteiger partial charge in [-0.1, -0.05) is 5.22 Å². The fraction of sp³-hybridized carbons (Fsp3) is 0. The van der Waals surface area contributed by atoms with E-state index in [-0.39, 0.29) is 0 Å². The van der Waals surface area contributed by atoms with Gasteiger partial charge in [0.15, 0.2) is 0 Å². The van der Waals surface area contributed by atoms with Gasteiger partial charge in [-0.05, 0) is 5.22 Å². The highest BCUT2D eigenvalue weighted by molar-refractivity contribution is 3.98. The highest BCUT2D eigenvalue weighted by atomic mass is 15.7. The largest absolute Gasteiger partial charge is 0.303 e. The van der Waals surface area contributed by atoms with Gasteiger partial charge in [-0.25, -0.2) is 5.53 Å². The summed E-state index contributed by atoms with van der Waals surface area (Å²) in [6.07, 6.45) is 0. The Morgan fingerprint density at radius 1 is 1.50 bits per heavy atom. The number of nitrogens with two attached hydrogens (primary N) is 2. The molecule has 0 spiro atoms. The van der Waals surface area contributed by atoms with Gasteiger partial charge in [0.25, 0.3) is 0 Å². The van der Waals surface area contributed by atoms with Crippen LogP contribution in [0.25, 0.3) is 0 Å². The molecule has 0 aliphatic carbocycles. The average molecular weight is 90.1 g/mol. The molecule has 0 rings (SSSR count). The van der Waals surface area contributed by atoms with E-state index in [0.717, 1.165) is 0 Å². The van der Waals surface area contributed by atoms with Crippen LogP contribution in [-0.4, -0.2) is 0 Å². The van der Waals surface area contributed by atoms with Gasteiger partial charge in [0.05, 0.1) is 0 Å². The van der Waals surface area contributed by atoms with Crippen molar-refractivity contribution in [2.75, 3.05) is 0 Å². The first-order valence-corrected chi connectivity index (χ1v) is 1.22. The summed E-state index contributed by atoms with van der Waals surface area (Å²) in [4.78, 5) is 0. The van der Waals surface area contributed by atoms with Crippen LogP contribution < -0.4 is 22.8 Å². The Kier molecular flexibility index (Phi) is 3.52. The Morgan fingerprint density at radius 2 is 2.17 bits per heavy atom. The van der Waals surface area contributed by atoms with E-state index in [1.54, 1.807) is 0 Å². The summed E-state index contributed by atoms with van der Waals surface area (Å²) >= 11 is 0. The summed E-state index contributed by atoms with van der Waals surface area (Å²) in [6.45, 7) is 0. The van der Waals surface area contributed by atoms with Gasteiger partial charge in [-0.2, -0.15) is 5.53 Å². The topological polar surface area (TPSA) is 101 Å². The van der Waals surface area contributed by atoms with Crippen molar-refractivity contribution in [3.63, 3.8) is 0 Å². The molecule has 0 bridgehead atoms. The Bertz CT molecular complexity index is 35.3. The lowest BCUT2D eigenvalue weighted by Gasteiger charge is -1.86. The minimum atomic E-state index is 1.98. The predicted octanol–water partition coefficient (Wildman–Crippen LogP) is -1.80. The van der Waals surface area contributed by atoms with E-state index in [1.165, 1.54) is 0 Å². The molecule has 6 heteroatoms. The fourth-order valence-corrected chi connectivity index (χ4v) is 0.0577. The van der Waals surface area contributed by atoms with Crippen LogP contribution in [0.3, 0.4) is 0 Å². The monoisotopic (exact) mass is 90.1 g/mol. The quantitative estimate of drug-likeness (QED) is 0.182. The van der Waals surface area contributed by atoms with Crippen molar-refractivity contribution in [1.82, 2.24) is 11.1 Å². The summed E-state index contributed by atoms with van der Waals surface area (Å²) in [7, 11) is 0. The highest BCUT2D eigenvalue weighted by Crippen LogP contribution is 1.43. The lowest BCUT2D eigenvalue weighted by atomic mass is 12.3. The molecular formula is H6N6. The van der Waals surface area contributed by atoms with Crippen LogP contribution in [-0.2, 0) is 0 Å². The van der Waals surface area contributed by atoms with Crippen LogP contribution in [0.2, 0.25) is 0 Å². The second kappa shape index (κ2) is 4.12. The maximum absolute atomic E-state index is 4.64. The Balaban J connectivity index is 2.66. The highest BCUT2D eigenvalue weighted by Gasteiger charge is 1.55. The molecule has 6 N–H and O–H groups in total. The molecule has 0 radical (unpaired) electrons. The van der Waals surface area contributed by atoms with Crippen molar-refractivity contribution in [2.45, 2.75) is 0 Å². The van der Waals surface area contributed by atoms with Gasteiger partial charge < -0.3 is 5.84 Å². The molecule has 6 nitrogen and oxygen atoms in total. The average Bonchev–Trinajstić information content (AvgIpc) is 1.61. The zero-order chi connectivity index (χ0) is 4.83. The van der Waals surface area contributed by atoms with Crippen molar-refractivity contribution in [1.29, 1.82) is 0 Å². The Hall–Kier alpha value is -0.880. The third kappa shape index (κ3) is 3.12. The smallest absolute Gasteiger partial charge is 0.0394 e. The normalized spacial score (nSPS) is 9.50. The number of rotatable bonds is 2. The molecular weight excluding hydrogens is 84.0 g/mol. The van der Waals surface area contributed by atoms with E-state index in [1.807, 2.05) is 5.53 Å². The summed E-state index contributed by atoms with van der Waals surface area (Å²) in [5.41, 5.74) is 4.04. The van der Waals surface area contributed by atoms with Gasteiger partial charge >= 0.3 is 0 Å². The van der Waals surface area contributed by atoms with Gasteiger partial charge in [0.2, 0.25) is 0 Å². The van der Waals surface area contributed by atoms with Gasteiger partial charge in [0, 0.05) is 0 Å². The van der Waals surface area contributed by atoms with Crippen molar-refractivity contribution >= 4 is 0 Å². The SMILES string of the molecule is NN=NNNN. The lowest BCUT2D eigenvalue weighted by molar-refractivity contribution is 0.547. The minimum absolute atomic E-state index is 1.98. The zero-order valence-electron chi connectivity index (χ0n) is 3.05. The van der Waals surface area contributed by atoms with E-state index >= 15 is 0 Å². The maximum atomic E-state index is 4.64. The minimum Gasteiger partial charge on any atom is -0.303 e. The molecule has 0 aromatic heterocycles. The molecule has 0 aliphatic rings. The molecule has 6 heavy (non-hydrogen) atoms. The lowest BCUT2D eigenvalue weighted by Crippen LogP contribution is -2.33. The predicted molar refractivity (Wildman–Crippen MR) is 19.5 cm³/mol. The summed E-state index contributed by atoms with van der Waals surface area (Å²) in [6, 6.07) is 0. The van der Waals surface area contributed by atoms with E-state index in [9.17, 15) is 0 Å². The van der Waals surface area contributed by atoms with Crippen molar-refractivity contribution < 1.29 is 0 Å². The van der Waals surface area contributed by atoms with Crippen LogP contribution in [0, 0.1) is 0 Å². The molecule has 0 saturated heterocycles. The molecule has 0 aromatic carbocycles. The summed E-state index contributed by atoms with van der Waals surface area (Å²) in [5, 5.41) is 5.80. The van der Waals surface area contributed by atoms with E-state index < -0.39 is 0 Å². The second-order valence-corrected chi connectivity index (χ2v) is 0.472. The Labute approximate surface area is 34.5 Å². The van der Waals surface area contributed by atoms with Gasteiger partial charge in [0.1, 0.15) is 0 Å². The second-order valence-electron chi connectivity index (χ2n) is 0.472. The number of hydrazine groups is 2. The molecule has 0 fully saturated rings. The number of hydrogen-bond acceptors (Lipinski definition) is 4. The van der Waals surface area contributed by atoms with Crippen LogP contribution in [0.1, 0.15) is 0 Å². The standard InChI is InChI=1S/H6N6/c1-3-5-6-4-2/h(H3,1,4,5)(H3,2,3,6). The Morgan fingerprint density at radius 3 is 2.33 bits per heavy atom. The van der Waals surface area contributed by atoms with Crippen molar-refractivity contribution in [3.8, 4) is 0 Å². The molecule has 0 aliphatic heterocycles.